The molecular weight excluding hydrogens is 348 g/mol. The Bertz CT molecular complexity index is 865. The van der Waals surface area contributed by atoms with Crippen molar-refractivity contribution in [1.82, 2.24) is 0 Å². The summed E-state index contributed by atoms with van der Waals surface area (Å²) in [6.07, 6.45) is 0.980. The summed E-state index contributed by atoms with van der Waals surface area (Å²) in [4.78, 5) is 0. The molecule has 3 rings (SSSR count). The molecule has 0 nitrogen and oxygen atoms in total. The van der Waals surface area contributed by atoms with Gasteiger partial charge in [-0.3, -0.25) is 0 Å². The lowest BCUT2D eigenvalue weighted by molar-refractivity contribution is 0.590. The molecule has 0 unspecified atom stereocenters. The lowest BCUT2D eigenvalue weighted by Gasteiger charge is -2.19. The van der Waals surface area contributed by atoms with Crippen molar-refractivity contribution in [3.8, 4) is 11.1 Å². The summed E-state index contributed by atoms with van der Waals surface area (Å²) >= 11 is 0. The summed E-state index contributed by atoms with van der Waals surface area (Å²) in [5.74, 6) is 0. The number of benzene rings is 3. The van der Waals surface area contributed by atoms with Gasteiger partial charge in [-0.2, -0.15) is 0 Å². The monoisotopic (exact) mass is 386 g/mol. The Hall–Kier alpha value is -2.34. The first kappa shape index (κ1) is 22.9. The van der Waals surface area contributed by atoms with Crippen LogP contribution in [0, 0.1) is 0 Å². The fourth-order valence-electron chi connectivity index (χ4n) is 3.34. The van der Waals surface area contributed by atoms with Crippen LogP contribution in [0.4, 0.5) is 0 Å². The highest BCUT2D eigenvalue weighted by Gasteiger charge is 2.14. The maximum Gasteiger partial charge on any atom is -0.00258 e. The number of hydrogen-bond donors (Lipinski definition) is 0. The van der Waals surface area contributed by atoms with Crippen LogP contribution < -0.4 is 0 Å². The van der Waals surface area contributed by atoms with Gasteiger partial charge in [0, 0.05) is 0 Å². The third-order valence-corrected chi connectivity index (χ3v) is 5.27. The Morgan fingerprint density at radius 3 is 1.07 bits per heavy atom. The summed E-state index contributed by atoms with van der Waals surface area (Å²) in [5, 5.41) is 0. The zero-order valence-corrected chi connectivity index (χ0v) is 19.6. The van der Waals surface area contributed by atoms with Gasteiger partial charge in [0.15, 0.2) is 0 Å². The highest BCUT2D eigenvalue weighted by Crippen LogP contribution is 2.27. The summed E-state index contributed by atoms with van der Waals surface area (Å²) < 4.78 is 0. The SMILES string of the molecule is CC.CC(C)(C)c1ccc(Cc2ccc(-c3ccc(C(C)(C)C)cc3)cc2)cc1. The summed E-state index contributed by atoms with van der Waals surface area (Å²) in [5.41, 5.74) is 8.46. The zero-order chi connectivity index (χ0) is 21.7. The standard InChI is InChI=1S/C27H32.C2H6/c1-26(2,3)24-15-9-21(10-16-24)19-20-7-11-22(12-8-20)23-13-17-25(18-14-23)27(4,5)6;1-2/h7-18H,19H2,1-6H3;1-2H3. The molecule has 154 valence electrons. The van der Waals surface area contributed by atoms with Crippen molar-refractivity contribution < 1.29 is 0 Å². The van der Waals surface area contributed by atoms with Crippen molar-refractivity contribution >= 4 is 0 Å². The minimum absolute atomic E-state index is 0.199. The fourth-order valence-corrected chi connectivity index (χ4v) is 3.34. The molecule has 0 amide bonds. The Labute approximate surface area is 179 Å². The molecule has 0 aliphatic heterocycles. The lowest BCUT2D eigenvalue weighted by Crippen LogP contribution is -2.10. The molecule has 0 bridgehead atoms. The zero-order valence-electron chi connectivity index (χ0n) is 19.6. The second-order valence-corrected chi connectivity index (χ2v) is 9.65. The predicted octanol–water partition coefficient (Wildman–Crippen LogP) is 8.57. The quantitative estimate of drug-likeness (QED) is 0.423. The third kappa shape index (κ3) is 6.32. The molecule has 0 saturated heterocycles. The van der Waals surface area contributed by atoms with Crippen LogP contribution in [0.2, 0.25) is 0 Å². The first-order chi connectivity index (χ1) is 13.6. The van der Waals surface area contributed by atoms with Crippen molar-refractivity contribution in [3.63, 3.8) is 0 Å². The van der Waals surface area contributed by atoms with Gasteiger partial charge in [0.1, 0.15) is 0 Å². The number of hydrogen-bond acceptors (Lipinski definition) is 0. The first-order valence-corrected chi connectivity index (χ1v) is 10.9. The van der Waals surface area contributed by atoms with Crippen LogP contribution >= 0.6 is 0 Å². The summed E-state index contributed by atoms with van der Waals surface area (Å²) in [6, 6.07) is 27.0. The van der Waals surface area contributed by atoms with E-state index in [2.05, 4.69) is 114 Å². The number of rotatable bonds is 3. The first-order valence-electron chi connectivity index (χ1n) is 10.9. The highest BCUT2D eigenvalue weighted by atomic mass is 14.2. The smallest absolute Gasteiger partial charge is 0.00258 e. The summed E-state index contributed by atoms with van der Waals surface area (Å²) in [6.45, 7) is 17.5. The minimum Gasteiger partial charge on any atom is -0.0683 e. The molecule has 0 saturated carbocycles. The Morgan fingerprint density at radius 2 is 0.724 bits per heavy atom. The van der Waals surface area contributed by atoms with Crippen LogP contribution in [-0.4, -0.2) is 0 Å². The van der Waals surface area contributed by atoms with Gasteiger partial charge < -0.3 is 0 Å². The van der Waals surface area contributed by atoms with E-state index in [9.17, 15) is 0 Å². The molecule has 29 heavy (non-hydrogen) atoms. The molecule has 0 atom stereocenters. The molecule has 3 aromatic carbocycles. The van der Waals surface area contributed by atoms with E-state index in [1.54, 1.807) is 0 Å². The van der Waals surface area contributed by atoms with Crippen LogP contribution in [-0.2, 0) is 17.3 Å². The van der Waals surface area contributed by atoms with Crippen LogP contribution in [0.3, 0.4) is 0 Å². The van der Waals surface area contributed by atoms with Gasteiger partial charge in [-0.05, 0) is 50.6 Å². The molecule has 0 spiro atoms. The largest absolute Gasteiger partial charge is 0.0683 e. The maximum absolute atomic E-state index is 2.26. The molecule has 0 N–H and O–H groups in total. The molecule has 0 radical (unpaired) electrons. The van der Waals surface area contributed by atoms with Gasteiger partial charge in [-0.25, -0.2) is 0 Å². The van der Waals surface area contributed by atoms with Gasteiger partial charge >= 0.3 is 0 Å². The van der Waals surface area contributed by atoms with E-state index in [0.29, 0.717) is 0 Å². The van der Waals surface area contributed by atoms with Crippen molar-refractivity contribution in [2.45, 2.75) is 72.6 Å². The molecule has 0 heteroatoms. The fraction of sp³-hybridized carbons (Fsp3) is 0.379. The normalized spacial score (nSPS) is 11.6. The maximum atomic E-state index is 2.26. The van der Waals surface area contributed by atoms with Gasteiger partial charge in [-0.1, -0.05) is 128 Å². The van der Waals surface area contributed by atoms with Crippen molar-refractivity contribution in [2.75, 3.05) is 0 Å². The highest BCUT2D eigenvalue weighted by molar-refractivity contribution is 5.64. The summed E-state index contributed by atoms with van der Waals surface area (Å²) in [7, 11) is 0. The molecule has 0 heterocycles. The molecular formula is C29H38. The van der Waals surface area contributed by atoms with E-state index in [0.717, 1.165) is 6.42 Å². The van der Waals surface area contributed by atoms with E-state index < -0.39 is 0 Å². The molecule has 0 aromatic heterocycles. The van der Waals surface area contributed by atoms with Gasteiger partial charge in [0.25, 0.3) is 0 Å². The van der Waals surface area contributed by atoms with E-state index in [-0.39, 0.29) is 10.8 Å². The Balaban J connectivity index is 0.00000145. The van der Waals surface area contributed by atoms with Gasteiger partial charge in [-0.15, -0.1) is 0 Å². The van der Waals surface area contributed by atoms with E-state index in [1.165, 1.54) is 33.4 Å². The van der Waals surface area contributed by atoms with E-state index in [4.69, 9.17) is 0 Å². The van der Waals surface area contributed by atoms with Crippen LogP contribution in [0.5, 0.6) is 0 Å². The third-order valence-electron chi connectivity index (χ3n) is 5.27. The topological polar surface area (TPSA) is 0 Å². The second kappa shape index (κ2) is 9.44. The predicted molar refractivity (Wildman–Crippen MR) is 130 cm³/mol. The Kier molecular flexibility index (Phi) is 7.47. The van der Waals surface area contributed by atoms with Crippen molar-refractivity contribution in [2.24, 2.45) is 0 Å². The van der Waals surface area contributed by atoms with E-state index >= 15 is 0 Å². The average molecular weight is 387 g/mol. The molecule has 0 fully saturated rings. The van der Waals surface area contributed by atoms with Crippen molar-refractivity contribution in [3.05, 3.63) is 95.1 Å². The lowest BCUT2D eigenvalue weighted by atomic mass is 9.86. The molecule has 0 aliphatic carbocycles. The van der Waals surface area contributed by atoms with Gasteiger partial charge in [0.2, 0.25) is 0 Å². The van der Waals surface area contributed by atoms with Crippen molar-refractivity contribution in [1.29, 1.82) is 0 Å². The van der Waals surface area contributed by atoms with Crippen LogP contribution in [0.15, 0.2) is 72.8 Å². The van der Waals surface area contributed by atoms with Crippen LogP contribution in [0.25, 0.3) is 11.1 Å². The second-order valence-electron chi connectivity index (χ2n) is 9.65. The minimum atomic E-state index is 0.199. The average Bonchev–Trinajstić information content (AvgIpc) is 2.69. The Morgan fingerprint density at radius 1 is 0.448 bits per heavy atom. The molecule has 0 aliphatic rings. The van der Waals surface area contributed by atoms with Crippen LogP contribution in [0.1, 0.15) is 77.6 Å². The van der Waals surface area contributed by atoms with E-state index in [1.807, 2.05) is 13.8 Å². The molecule has 3 aromatic rings. The van der Waals surface area contributed by atoms with Gasteiger partial charge in [0.05, 0.1) is 0 Å².